The van der Waals surface area contributed by atoms with Crippen molar-refractivity contribution in [3.8, 4) is 0 Å². The van der Waals surface area contributed by atoms with Gasteiger partial charge in [0, 0.05) is 13.8 Å². The van der Waals surface area contributed by atoms with Crippen LogP contribution >= 0.6 is 0 Å². The Hall–Kier alpha value is -1.10. The van der Waals surface area contributed by atoms with Gasteiger partial charge < -0.3 is 14.2 Å². The van der Waals surface area contributed by atoms with Crippen molar-refractivity contribution in [2.24, 2.45) is 0 Å². The summed E-state index contributed by atoms with van der Waals surface area (Å²) in [5.74, 6) is -0.529. The average molecular weight is 242 g/mol. The highest BCUT2D eigenvalue weighted by atomic mass is 16.6. The van der Waals surface area contributed by atoms with Crippen LogP contribution in [0.2, 0.25) is 0 Å². The first-order chi connectivity index (χ1) is 8.06. The van der Waals surface area contributed by atoms with E-state index in [0.29, 0.717) is 0 Å². The fourth-order valence-electron chi connectivity index (χ4n) is 2.63. The number of rotatable bonds is 2. The predicted octanol–water partition coefficient (Wildman–Crippen LogP) is 1.19. The topological polar surface area (TPSA) is 61.8 Å². The summed E-state index contributed by atoms with van der Waals surface area (Å²) < 4.78 is 16.2. The molecule has 0 aromatic carbocycles. The number of hydrogen-bond acceptors (Lipinski definition) is 5. The first-order valence-corrected chi connectivity index (χ1v) is 6.06. The van der Waals surface area contributed by atoms with Crippen molar-refractivity contribution in [3.63, 3.8) is 0 Å². The molecule has 0 aromatic rings. The van der Waals surface area contributed by atoms with E-state index in [1.165, 1.54) is 13.8 Å². The zero-order valence-corrected chi connectivity index (χ0v) is 10.2. The zero-order chi connectivity index (χ0) is 12.4. The van der Waals surface area contributed by atoms with Gasteiger partial charge in [-0.25, -0.2) is 0 Å². The summed E-state index contributed by atoms with van der Waals surface area (Å²) in [6.45, 7) is 2.83. The molecule has 96 valence electrons. The second-order valence-electron chi connectivity index (χ2n) is 4.66. The monoisotopic (exact) mass is 242 g/mol. The molecule has 2 aliphatic heterocycles. The maximum absolute atomic E-state index is 10.9. The van der Waals surface area contributed by atoms with Gasteiger partial charge in [0.05, 0.1) is 12.2 Å². The van der Waals surface area contributed by atoms with Crippen molar-refractivity contribution >= 4 is 11.9 Å². The van der Waals surface area contributed by atoms with E-state index in [1.54, 1.807) is 0 Å². The third-order valence-electron chi connectivity index (χ3n) is 3.29. The summed E-state index contributed by atoms with van der Waals surface area (Å²) >= 11 is 0. The van der Waals surface area contributed by atoms with Crippen molar-refractivity contribution < 1.29 is 23.8 Å². The molecule has 0 saturated carbocycles. The van der Waals surface area contributed by atoms with E-state index in [2.05, 4.69) is 0 Å². The van der Waals surface area contributed by atoms with Gasteiger partial charge in [-0.15, -0.1) is 0 Å². The largest absolute Gasteiger partial charge is 0.460 e. The SMILES string of the molecule is CC(=O)O[C@H]1CC[C@@H]2O[C@H]1CC[C@@H]2OC(C)=O. The predicted molar refractivity (Wildman–Crippen MR) is 58.2 cm³/mol. The lowest BCUT2D eigenvalue weighted by Crippen LogP contribution is -2.50. The summed E-state index contributed by atoms with van der Waals surface area (Å²) in [6.07, 6.45) is 2.76. The highest BCUT2D eigenvalue weighted by Gasteiger charge is 2.42. The van der Waals surface area contributed by atoms with Gasteiger partial charge >= 0.3 is 11.9 Å². The van der Waals surface area contributed by atoms with Crippen LogP contribution < -0.4 is 0 Å². The molecule has 0 N–H and O–H groups in total. The first-order valence-electron chi connectivity index (χ1n) is 6.06. The van der Waals surface area contributed by atoms with Crippen LogP contribution in [0.25, 0.3) is 0 Å². The maximum atomic E-state index is 10.9. The molecule has 2 saturated heterocycles. The summed E-state index contributed by atoms with van der Waals surface area (Å²) in [6, 6.07) is 0. The van der Waals surface area contributed by atoms with Gasteiger partial charge in [-0.1, -0.05) is 0 Å². The van der Waals surface area contributed by atoms with E-state index < -0.39 is 0 Å². The number of carbonyl (C=O) groups is 2. The molecular formula is C12H18O5. The number of fused-ring (bicyclic) bond motifs is 2. The minimum atomic E-state index is -0.265. The second-order valence-corrected chi connectivity index (χ2v) is 4.66. The van der Waals surface area contributed by atoms with Gasteiger partial charge in [0.2, 0.25) is 0 Å². The number of hydrogen-bond donors (Lipinski definition) is 0. The van der Waals surface area contributed by atoms with Crippen LogP contribution in [0.5, 0.6) is 0 Å². The molecule has 2 aliphatic rings. The Morgan fingerprint density at radius 1 is 0.882 bits per heavy atom. The lowest BCUT2D eigenvalue weighted by atomic mass is 9.88. The molecule has 0 spiro atoms. The van der Waals surface area contributed by atoms with Crippen molar-refractivity contribution in [1.82, 2.24) is 0 Å². The molecule has 0 aromatic heterocycles. The Labute approximate surface area is 100 Å². The fraction of sp³-hybridized carbons (Fsp3) is 0.833. The molecule has 4 atom stereocenters. The van der Waals surface area contributed by atoms with E-state index >= 15 is 0 Å². The minimum absolute atomic E-state index is 0.0375. The Morgan fingerprint density at radius 3 is 1.65 bits per heavy atom. The molecule has 0 aliphatic carbocycles. The van der Waals surface area contributed by atoms with Crippen LogP contribution in [-0.2, 0) is 23.8 Å². The molecule has 5 nitrogen and oxygen atoms in total. The molecule has 0 amide bonds. The smallest absolute Gasteiger partial charge is 0.302 e. The average Bonchev–Trinajstić information content (AvgIpc) is 2.24. The van der Waals surface area contributed by atoms with Crippen LogP contribution in [0, 0.1) is 0 Å². The summed E-state index contributed by atoms with van der Waals surface area (Å²) in [7, 11) is 0. The number of ether oxygens (including phenoxy) is 3. The van der Waals surface area contributed by atoms with Crippen molar-refractivity contribution in [3.05, 3.63) is 0 Å². The Kier molecular flexibility index (Phi) is 3.66. The Balaban J connectivity index is 1.91. The van der Waals surface area contributed by atoms with Gasteiger partial charge in [0.15, 0.2) is 0 Å². The molecule has 0 unspecified atom stereocenters. The summed E-state index contributed by atoms with van der Waals surface area (Å²) in [5, 5.41) is 0. The summed E-state index contributed by atoms with van der Waals surface area (Å²) in [4.78, 5) is 21.9. The van der Waals surface area contributed by atoms with Crippen molar-refractivity contribution in [2.45, 2.75) is 63.9 Å². The number of esters is 2. The zero-order valence-electron chi connectivity index (χ0n) is 10.2. The van der Waals surface area contributed by atoms with Crippen LogP contribution in [0.15, 0.2) is 0 Å². The molecule has 2 fully saturated rings. The van der Waals surface area contributed by atoms with Crippen molar-refractivity contribution in [2.75, 3.05) is 0 Å². The molecule has 2 heterocycles. The summed E-state index contributed by atoms with van der Waals surface area (Å²) in [5.41, 5.74) is 0. The molecule has 2 rings (SSSR count). The third-order valence-corrected chi connectivity index (χ3v) is 3.29. The Morgan fingerprint density at radius 2 is 1.29 bits per heavy atom. The maximum Gasteiger partial charge on any atom is 0.302 e. The van der Waals surface area contributed by atoms with Crippen LogP contribution in [0.3, 0.4) is 0 Å². The quantitative estimate of drug-likeness (QED) is 0.681. The lowest BCUT2D eigenvalue weighted by Gasteiger charge is -2.43. The number of carbonyl (C=O) groups excluding carboxylic acids is 2. The molecule has 2 bridgehead atoms. The molecular weight excluding hydrogens is 224 g/mol. The van der Waals surface area contributed by atoms with Gasteiger partial charge in [-0.05, 0) is 25.7 Å². The van der Waals surface area contributed by atoms with E-state index in [4.69, 9.17) is 14.2 Å². The van der Waals surface area contributed by atoms with Gasteiger partial charge in [0.1, 0.15) is 12.2 Å². The normalized spacial score (nSPS) is 36.1. The lowest BCUT2D eigenvalue weighted by molar-refractivity contribution is -0.208. The minimum Gasteiger partial charge on any atom is -0.460 e. The second kappa shape index (κ2) is 5.04. The highest BCUT2D eigenvalue weighted by molar-refractivity contribution is 5.66. The molecule has 5 heteroatoms. The van der Waals surface area contributed by atoms with Crippen LogP contribution in [-0.4, -0.2) is 36.4 Å². The van der Waals surface area contributed by atoms with Crippen LogP contribution in [0.4, 0.5) is 0 Å². The molecule has 0 radical (unpaired) electrons. The standard InChI is InChI=1S/C12H18O5/c1-7(13)15-9-3-5-12-10(16-8(2)14)4-6-11(9)17-12/h9-12H,3-6H2,1-2H3/t9-,10-,11-,12-/m0/s1. The van der Waals surface area contributed by atoms with E-state index in [9.17, 15) is 9.59 Å². The highest BCUT2D eigenvalue weighted by Crippen LogP contribution is 2.34. The Bertz CT molecular complexity index is 284. The fourth-order valence-corrected chi connectivity index (χ4v) is 2.63. The van der Waals surface area contributed by atoms with E-state index in [0.717, 1.165) is 25.7 Å². The van der Waals surface area contributed by atoms with E-state index in [1.807, 2.05) is 0 Å². The van der Waals surface area contributed by atoms with Crippen LogP contribution in [0.1, 0.15) is 39.5 Å². The first kappa shape index (κ1) is 12.4. The third kappa shape index (κ3) is 2.97. The van der Waals surface area contributed by atoms with Crippen molar-refractivity contribution in [1.29, 1.82) is 0 Å². The van der Waals surface area contributed by atoms with Gasteiger partial charge in [0.25, 0.3) is 0 Å². The van der Waals surface area contributed by atoms with Gasteiger partial charge in [-0.3, -0.25) is 9.59 Å². The molecule has 17 heavy (non-hydrogen) atoms. The van der Waals surface area contributed by atoms with E-state index in [-0.39, 0.29) is 36.4 Å². The van der Waals surface area contributed by atoms with Gasteiger partial charge in [-0.2, -0.15) is 0 Å².